The minimum atomic E-state index is -0.533. The number of nitro benzene ring substituents is 1. The Kier molecular flexibility index (Phi) is 30.5. The van der Waals surface area contributed by atoms with Crippen molar-refractivity contribution < 1.29 is 39.7 Å². The molecule has 0 saturated heterocycles. The zero-order valence-electron chi connectivity index (χ0n) is 50.0. The molecule has 10 aromatic carbocycles. The van der Waals surface area contributed by atoms with Gasteiger partial charge in [-0.25, -0.2) is 0 Å². The van der Waals surface area contributed by atoms with Gasteiger partial charge in [0.15, 0.2) is 0 Å². The van der Waals surface area contributed by atoms with Gasteiger partial charge in [-0.15, -0.1) is 0 Å². The molecule has 97 heavy (non-hydrogen) atoms. The number of aromatic hydroxyl groups is 4. The van der Waals surface area contributed by atoms with Gasteiger partial charge in [-0.2, -0.15) is 0 Å². The van der Waals surface area contributed by atoms with Gasteiger partial charge in [-0.1, -0.05) is 174 Å². The molecule has 0 aliphatic heterocycles. The van der Waals surface area contributed by atoms with Crippen molar-refractivity contribution in [2.45, 2.75) is 6.92 Å². The second-order valence-electron chi connectivity index (χ2n) is 19.3. The number of rotatable bonds is 14. The quantitative estimate of drug-likeness (QED) is 0.0343. The molecule has 0 radical (unpaired) electrons. The predicted molar refractivity (Wildman–Crippen MR) is 401 cm³/mol. The Morgan fingerprint density at radius 1 is 0.485 bits per heavy atom. The summed E-state index contributed by atoms with van der Waals surface area (Å²) < 4.78 is 5.95. The SMILES string of the molecule is CC(=O)Nc1cc(N=Cc2ccccc2O)c(Cl)cc1Cl.COc1cccc(N=Cc2cc(Cl)cc(Cl)c2O)c1.NC(=O)c1cccc(N=Cc2cc(Br)ccc2O)c1.O=[N+]([O-])c1cc(C=Nc2ccccc2Cl)ccc1Cl.Oc1c(Cl)cc(Cl)cc1C=Nc1ccc(Cl)cc1Cl. The van der Waals surface area contributed by atoms with E-state index in [2.05, 4.69) is 46.2 Å². The summed E-state index contributed by atoms with van der Waals surface area (Å²) in [6.45, 7) is 1.38. The first kappa shape index (κ1) is 77.3. The fourth-order valence-electron chi connectivity index (χ4n) is 7.55. The molecule has 10 aromatic rings. The van der Waals surface area contributed by atoms with Gasteiger partial charge in [0.2, 0.25) is 11.8 Å². The first-order chi connectivity index (χ1) is 46.2. The number of para-hydroxylation sites is 2. The van der Waals surface area contributed by atoms with Gasteiger partial charge in [-0.05, 0) is 139 Å². The van der Waals surface area contributed by atoms with Crippen LogP contribution in [0.1, 0.15) is 45.1 Å². The molecule has 496 valence electrons. The minimum absolute atomic E-state index is 0.0438. The molecule has 0 aliphatic rings. The Labute approximate surface area is 614 Å². The molecule has 17 nitrogen and oxygen atoms in total. The van der Waals surface area contributed by atoms with Crippen molar-refractivity contribution in [3.63, 3.8) is 0 Å². The van der Waals surface area contributed by atoms with Crippen LogP contribution < -0.4 is 15.8 Å². The van der Waals surface area contributed by atoms with Crippen molar-refractivity contribution >= 4 is 215 Å². The number of carbonyl (C=O) groups excluding carboxylic acids is 2. The van der Waals surface area contributed by atoms with Crippen molar-refractivity contribution in [3.05, 3.63) is 286 Å². The second kappa shape index (κ2) is 38.3. The largest absolute Gasteiger partial charge is 0.507 e. The standard InChI is InChI=1S/C15H12Cl2N2O2.C14H11BrN2O2.C14H11Cl2NO2.C13H7Cl4NO.C13H8Cl2N2O2/c1-9(20)19-14-7-13(11(16)6-12(14)17)18-8-10-4-2-3-5-15(10)21;15-11-4-5-13(18)10(6-11)8-17-12-3-1-2-9(7-12)14(16)19;1-19-12-4-2-3-11(7-12)17-8-9-5-10(15)6-13(16)14(9)18;14-8-1-2-12(10(16)4-8)18-6-7-3-9(15)5-11(17)13(7)19;14-10-3-1-2-4-12(10)16-8-9-5-6-11(15)13(7-9)17(18)19/h2-8,21H,1H3,(H,19,20);1-8,18H,(H2,16,19);2-8,18H,1H3;1-6,19H;1-8H. The molecule has 2 amide bonds. The summed E-state index contributed by atoms with van der Waals surface area (Å²) in [7, 11) is 1.59. The summed E-state index contributed by atoms with van der Waals surface area (Å²) in [5.74, 6) is 0.101. The number of nitrogens with zero attached hydrogens (tertiary/aromatic N) is 6. The lowest BCUT2D eigenvalue weighted by molar-refractivity contribution is -0.384. The highest BCUT2D eigenvalue weighted by Crippen LogP contribution is 2.37. The molecule has 0 aliphatic carbocycles. The van der Waals surface area contributed by atoms with Gasteiger partial charge in [0.05, 0.1) is 76.3 Å². The van der Waals surface area contributed by atoms with Gasteiger partial charge in [-0.3, -0.25) is 44.7 Å². The number of amides is 2. The third-order valence-electron chi connectivity index (χ3n) is 12.2. The molecular formula is C69H49BrCl10N8O9. The minimum Gasteiger partial charge on any atom is -0.507 e. The molecule has 0 saturated carbocycles. The topological polar surface area (TPSA) is 267 Å². The van der Waals surface area contributed by atoms with E-state index in [1.807, 2.05) is 24.3 Å². The molecule has 28 heteroatoms. The highest BCUT2D eigenvalue weighted by molar-refractivity contribution is 9.10. The maximum Gasteiger partial charge on any atom is 0.288 e. The number of halogens is 11. The molecule has 0 atom stereocenters. The van der Waals surface area contributed by atoms with Crippen molar-refractivity contribution in [1.82, 2.24) is 0 Å². The molecule has 0 fully saturated rings. The molecule has 7 N–H and O–H groups in total. The number of nitro groups is 1. The van der Waals surface area contributed by atoms with Crippen molar-refractivity contribution in [2.24, 2.45) is 30.7 Å². The zero-order chi connectivity index (χ0) is 70.9. The number of ether oxygens (including phenoxy) is 1. The van der Waals surface area contributed by atoms with Crippen LogP contribution in [0.4, 0.5) is 39.8 Å². The zero-order valence-corrected chi connectivity index (χ0v) is 59.2. The summed E-state index contributed by atoms with van der Waals surface area (Å²) >= 11 is 62.2. The van der Waals surface area contributed by atoms with Gasteiger partial charge in [0.25, 0.3) is 5.69 Å². The summed E-state index contributed by atoms with van der Waals surface area (Å²) in [4.78, 5) is 53.4. The summed E-state index contributed by atoms with van der Waals surface area (Å²) in [5, 5.41) is 55.7. The number of nitrogens with two attached hydrogens (primary N) is 1. The van der Waals surface area contributed by atoms with Crippen LogP contribution in [0.5, 0.6) is 28.7 Å². The highest BCUT2D eigenvalue weighted by Gasteiger charge is 2.14. The first-order valence-electron chi connectivity index (χ1n) is 27.4. The average Bonchev–Trinajstić information content (AvgIpc) is 0.929. The van der Waals surface area contributed by atoms with Crippen molar-refractivity contribution in [3.8, 4) is 28.7 Å². The van der Waals surface area contributed by atoms with Gasteiger partial charge >= 0.3 is 0 Å². The van der Waals surface area contributed by atoms with Crippen molar-refractivity contribution in [2.75, 3.05) is 12.4 Å². The summed E-state index contributed by atoms with van der Waals surface area (Å²) in [5.41, 5.74) is 11.3. The third kappa shape index (κ3) is 25.0. The summed E-state index contributed by atoms with van der Waals surface area (Å²) in [6.07, 6.45) is 7.46. The Bertz CT molecular complexity index is 4660. The number of benzene rings is 10. The van der Waals surface area contributed by atoms with Gasteiger partial charge < -0.3 is 36.2 Å². The van der Waals surface area contributed by atoms with Crippen LogP contribution in [0.3, 0.4) is 0 Å². The number of methoxy groups -OCH3 is 1. The molecule has 0 aromatic heterocycles. The van der Waals surface area contributed by atoms with Crippen LogP contribution in [-0.2, 0) is 4.79 Å². The number of carbonyl (C=O) groups is 2. The number of nitrogens with one attached hydrogen (secondary N) is 1. The van der Waals surface area contributed by atoms with Gasteiger partial charge in [0.1, 0.15) is 33.8 Å². The van der Waals surface area contributed by atoms with Crippen LogP contribution in [-0.4, -0.2) is 75.3 Å². The molecule has 0 heterocycles. The van der Waals surface area contributed by atoms with E-state index in [1.54, 1.807) is 141 Å². The Morgan fingerprint density at radius 3 is 1.65 bits per heavy atom. The first-order valence-corrected chi connectivity index (χ1v) is 32.0. The van der Waals surface area contributed by atoms with E-state index in [0.29, 0.717) is 108 Å². The van der Waals surface area contributed by atoms with E-state index in [1.165, 1.54) is 68.3 Å². The number of hydrogen-bond acceptors (Lipinski definition) is 14. The monoisotopic (exact) mass is 1560 g/mol. The lowest BCUT2D eigenvalue weighted by Crippen LogP contribution is -2.10. The maximum atomic E-state index is 11.1. The smallest absolute Gasteiger partial charge is 0.288 e. The van der Waals surface area contributed by atoms with Crippen LogP contribution >= 0.6 is 132 Å². The number of aliphatic imine (C=N–C) groups is 5. The third-order valence-corrected chi connectivity index (χ3v) is 15.5. The molecule has 0 bridgehead atoms. The molecular weight excluding hydrogens is 1520 g/mol. The molecule has 10 rings (SSSR count). The van der Waals surface area contributed by atoms with E-state index < -0.39 is 10.8 Å². The van der Waals surface area contributed by atoms with Crippen molar-refractivity contribution in [1.29, 1.82) is 0 Å². The number of anilines is 1. The lowest BCUT2D eigenvalue weighted by atomic mass is 10.2. The maximum absolute atomic E-state index is 11.1. The Balaban J connectivity index is 0.000000192. The van der Waals surface area contributed by atoms with Crippen LogP contribution in [0.2, 0.25) is 50.2 Å². The van der Waals surface area contributed by atoms with Crippen LogP contribution in [0.25, 0.3) is 0 Å². The van der Waals surface area contributed by atoms with Crippen LogP contribution in [0, 0.1) is 10.1 Å². The fourth-order valence-corrected chi connectivity index (χ4v) is 10.3. The Hall–Kier alpha value is -8.73. The van der Waals surface area contributed by atoms with E-state index in [-0.39, 0.29) is 49.7 Å². The average molecular weight is 1570 g/mol. The van der Waals surface area contributed by atoms with Gasteiger partial charge in [0, 0.05) is 97.5 Å². The molecule has 0 spiro atoms. The normalized spacial score (nSPS) is 10.9. The number of hydrogen-bond donors (Lipinski definition) is 6. The van der Waals surface area contributed by atoms with E-state index >= 15 is 0 Å². The van der Waals surface area contributed by atoms with Crippen LogP contribution in [0.15, 0.2) is 217 Å². The predicted octanol–water partition coefficient (Wildman–Crippen LogP) is 22.3. The Morgan fingerprint density at radius 2 is 1.03 bits per heavy atom. The number of phenols is 4. The lowest BCUT2D eigenvalue weighted by Gasteiger charge is -2.07. The molecule has 0 unspecified atom stereocenters. The van der Waals surface area contributed by atoms with E-state index in [9.17, 15) is 40.1 Å². The van der Waals surface area contributed by atoms with E-state index in [0.717, 1.165) is 4.47 Å². The highest BCUT2D eigenvalue weighted by atomic mass is 79.9. The summed E-state index contributed by atoms with van der Waals surface area (Å²) in [6, 6.07) is 51.4. The fraction of sp³-hybridized carbons (Fsp3) is 0.0290. The number of primary amides is 1. The number of phenolic OH excluding ortho intramolecular Hbond substituents is 4. The van der Waals surface area contributed by atoms with E-state index in [4.69, 9.17) is 126 Å². The second-order valence-corrected chi connectivity index (χ2v) is 24.4.